The molecule has 0 spiro atoms. The molecule has 0 saturated heterocycles. The summed E-state index contributed by atoms with van der Waals surface area (Å²) in [4.78, 5) is 17.8. The maximum Gasteiger partial charge on any atom is 0.469 e. The molecule has 1 atom stereocenters. The summed E-state index contributed by atoms with van der Waals surface area (Å²) >= 11 is 0. The summed E-state index contributed by atoms with van der Waals surface area (Å²) in [6.45, 7) is 9.07. The van der Waals surface area contributed by atoms with Crippen molar-refractivity contribution in [3.63, 3.8) is 0 Å². The first-order valence-corrected chi connectivity index (χ1v) is 12.1. The Balaban J connectivity index is 4.65. The number of unbranched alkanes of at least 4 members (excludes halogenated alkanes) is 3. The second-order valence-electron chi connectivity index (χ2n) is 7.76. The van der Waals surface area contributed by atoms with Gasteiger partial charge in [0.1, 0.15) is 0 Å². The summed E-state index contributed by atoms with van der Waals surface area (Å²) < 4.78 is 15.6. The third kappa shape index (κ3) is 13.0. The molecule has 0 rings (SSSR count). The smallest absolute Gasteiger partial charge is 0.303 e. The molecule has 25 heavy (non-hydrogen) atoms. The molecule has 0 saturated carbocycles. The molecule has 0 aliphatic rings. The maximum atomic E-state index is 10.9. The van der Waals surface area contributed by atoms with Gasteiger partial charge >= 0.3 is 7.82 Å². The molecule has 2 N–H and O–H groups in total. The summed E-state index contributed by atoms with van der Waals surface area (Å²) in [5.74, 6) is 0.244. The quantitative estimate of drug-likeness (QED) is 0.272. The van der Waals surface area contributed by atoms with Crippen LogP contribution in [-0.4, -0.2) is 16.4 Å². The highest BCUT2D eigenvalue weighted by Gasteiger charge is 2.28. The maximum absolute atomic E-state index is 10.9. The lowest BCUT2D eigenvalue weighted by molar-refractivity contribution is 0.146. The van der Waals surface area contributed by atoms with E-state index in [1.807, 2.05) is 0 Å². The summed E-state index contributed by atoms with van der Waals surface area (Å²) in [5, 5.41) is 0. The second kappa shape index (κ2) is 14.2. The molecule has 0 aromatic carbocycles. The zero-order valence-electron chi connectivity index (χ0n) is 17.1. The van der Waals surface area contributed by atoms with Crippen molar-refractivity contribution in [2.75, 3.05) is 6.61 Å². The number of hydrogen-bond acceptors (Lipinski definition) is 2. The first kappa shape index (κ1) is 25.1. The largest absolute Gasteiger partial charge is 0.469 e. The summed E-state index contributed by atoms with van der Waals surface area (Å²) in [6.07, 6.45) is 16.0. The Morgan fingerprint density at radius 3 is 1.64 bits per heavy atom. The number of phosphoric ester groups is 1. The molecule has 0 fully saturated rings. The Bertz CT molecular complexity index is 332. The molecular formula is C20H43O4P. The number of phosphoric acid groups is 1. The normalized spacial score (nSPS) is 14.0. The van der Waals surface area contributed by atoms with E-state index in [2.05, 4.69) is 27.7 Å². The predicted octanol–water partition coefficient (Wildman–Crippen LogP) is 6.85. The molecule has 0 aromatic heterocycles. The Kier molecular flexibility index (Phi) is 14.3. The Morgan fingerprint density at radius 2 is 1.28 bits per heavy atom. The fraction of sp³-hybridized carbons (Fsp3) is 1.00. The average Bonchev–Trinajstić information content (AvgIpc) is 2.57. The molecule has 0 aliphatic carbocycles. The van der Waals surface area contributed by atoms with E-state index in [1.54, 1.807) is 0 Å². The molecular weight excluding hydrogens is 335 g/mol. The third-order valence-electron chi connectivity index (χ3n) is 5.56. The van der Waals surface area contributed by atoms with Gasteiger partial charge in [-0.15, -0.1) is 0 Å². The van der Waals surface area contributed by atoms with E-state index in [0.717, 1.165) is 19.3 Å². The standard InChI is InChI=1S/C20H43O4P/c1-5-9-14-20(15-10-6-2,16-11-7-3)17-12-13-19(8-4)18-24-25(21,22)23/h19H,5-18H2,1-4H3,(H2,21,22,23). The van der Waals surface area contributed by atoms with Crippen LogP contribution in [0.1, 0.15) is 111 Å². The minimum atomic E-state index is -4.34. The SMILES string of the molecule is CCCCC(CCCC)(CCCC)CCCC(CC)COP(=O)(O)O. The van der Waals surface area contributed by atoms with Crippen LogP contribution in [0.2, 0.25) is 0 Å². The van der Waals surface area contributed by atoms with Gasteiger partial charge in [0.2, 0.25) is 0 Å². The summed E-state index contributed by atoms with van der Waals surface area (Å²) in [7, 11) is -4.34. The van der Waals surface area contributed by atoms with Crippen LogP contribution in [0.5, 0.6) is 0 Å². The second-order valence-corrected chi connectivity index (χ2v) is 9.00. The van der Waals surface area contributed by atoms with Crippen LogP contribution in [0.3, 0.4) is 0 Å². The first-order chi connectivity index (χ1) is 11.8. The zero-order valence-corrected chi connectivity index (χ0v) is 18.0. The van der Waals surface area contributed by atoms with Crippen molar-refractivity contribution in [3.8, 4) is 0 Å². The Labute approximate surface area is 156 Å². The van der Waals surface area contributed by atoms with Crippen molar-refractivity contribution < 1.29 is 18.9 Å². The van der Waals surface area contributed by atoms with Crippen LogP contribution >= 0.6 is 7.82 Å². The Morgan fingerprint density at radius 1 is 0.840 bits per heavy atom. The molecule has 0 aromatic rings. The van der Waals surface area contributed by atoms with E-state index < -0.39 is 7.82 Å². The van der Waals surface area contributed by atoms with Gasteiger partial charge in [-0.3, -0.25) is 4.52 Å². The van der Waals surface area contributed by atoms with Gasteiger partial charge < -0.3 is 9.79 Å². The molecule has 0 bridgehead atoms. The molecule has 1 unspecified atom stereocenters. The van der Waals surface area contributed by atoms with E-state index in [1.165, 1.54) is 64.2 Å². The van der Waals surface area contributed by atoms with Gasteiger partial charge in [-0.05, 0) is 43.4 Å². The predicted molar refractivity (Wildman–Crippen MR) is 107 cm³/mol. The highest BCUT2D eigenvalue weighted by molar-refractivity contribution is 7.46. The van der Waals surface area contributed by atoms with Gasteiger partial charge in [-0.2, -0.15) is 0 Å². The van der Waals surface area contributed by atoms with Gasteiger partial charge in [0, 0.05) is 0 Å². The van der Waals surface area contributed by atoms with Gasteiger partial charge in [0.15, 0.2) is 0 Å². The third-order valence-corrected chi connectivity index (χ3v) is 6.04. The van der Waals surface area contributed by atoms with E-state index in [4.69, 9.17) is 14.3 Å². The molecule has 0 radical (unpaired) electrons. The van der Waals surface area contributed by atoms with Crippen LogP contribution in [0.25, 0.3) is 0 Å². The molecule has 0 heterocycles. The first-order valence-electron chi connectivity index (χ1n) is 10.5. The molecule has 4 nitrogen and oxygen atoms in total. The van der Waals surface area contributed by atoms with Gasteiger partial charge in [-0.25, -0.2) is 4.57 Å². The zero-order chi connectivity index (χ0) is 19.2. The summed E-state index contributed by atoms with van der Waals surface area (Å²) in [6, 6.07) is 0. The Hall–Kier alpha value is 0.110. The molecule has 0 aliphatic heterocycles. The lowest BCUT2D eigenvalue weighted by atomic mass is 9.71. The lowest BCUT2D eigenvalue weighted by Gasteiger charge is -2.35. The van der Waals surface area contributed by atoms with Crippen molar-refractivity contribution in [2.24, 2.45) is 11.3 Å². The van der Waals surface area contributed by atoms with Crippen molar-refractivity contribution in [1.82, 2.24) is 0 Å². The fourth-order valence-corrected chi connectivity index (χ4v) is 4.18. The minimum Gasteiger partial charge on any atom is -0.303 e. The molecule has 152 valence electrons. The van der Waals surface area contributed by atoms with Gasteiger partial charge in [-0.1, -0.05) is 79.1 Å². The fourth-order valence-electron chi connectivity index (χ4n) is 3.78. The average molecular weight is 379 g/mol. The van der Waals surface area contributed by atoms with Crippen molar-refractivity contribution in [3.05, 3.63) is 0 Å². The van der Waals surface area contributed by atoms with E-state index in [-0.39, 0.29) is 12.5 Å². The number of hydrogen-bond donors (Lipinski definition) is 2. The van der Waals surface area contributed by atoms with Crippen LogP contribution < -0.4 is 0 Å². The van der Waals surface area contributed by atoms with E-state index in [0.29, 0.717) is 5.41 Å². The topological polar surface area (TPSA) is 66.8 Å². The monoisotopic (exact) mass is 378 g/mol. The highest BCUT2D eigenvalue weighted by atomic mass is 31.2. The van der Waals surface area contributed by atoms with E-state index >= 15 is 0 Å². The lowest BCUT2D eigenvalue weighted by Crippen LogP contribution is -2.22. The minimum absolute atomic E-state index is 0.173. The van der Waals surface area contributed by atoms with Crippen LogP contribution in [0.15, 0.2) is 0 Å². The highest BCUT2D eigenvalue weighted by Crippen LogP contribution is 2.42. The summed E-state index contributed by atoms with van der Waals surface area (Å²) in [5.41, 5.74) is 0.477. The van der Waals surface area contributed by atoms with Crippen molar-refractivity contribution in [2.45, 2.75) is 111 Å². The van der Waals surface area contributed by atoms with Crippen molar-refractivity contribution in [1.29, 1.82) is 0 Å². The van der Waals surface area contributed by atoms with Crippen LogP contribution in [0.4, 0.5) is 0 Å². The molecule has 0 amide bonds. The molecule has 5 heteroatoms. The van der Waals surface area contributed by atoms with Crippen LogP contribution in [0, 0.1) is 11.3 Å². The van der Waals surface area contributed by atoms with Crippen LogP contribution in [-0.2, 0) is 9.09 Å². The van der Waals surface area contributed by atoms with Gasteiger partial charge in [0.25, 0.3) is 0 Å². The van der Waals surface area contributed by atoms with Gasteiger partial charge in [0.05, 0.1) is 6.61 Å². The number of rotatable bonds is 17. The van der Waals surface area contributed by atoms with Crippen molar-refractivity contribution >= 4 is 7.82 Å². The van der Waals surface area contributed by atoms with E-state index in [9.17, 15) is 4.57 Å².